The van der Waals surface area contributed by atoms with E-state index in [0.29, 0.717) is 34.5 Å². The lowest BCUT2D eigenvalue weighted by molar-refractivity contribution is -0.119. The highest BCUT2D eigenvalue weighted by Crippen LogP contribution is 2.26. The number of ether oxygens (including phenoxy) is 1. The van der Waals surface area contributed by atoms with Crippen LogP contribution in [0.2, 0.25) is 5.02 Å². The molecule has 3 rings (SSSR count). The minimum absolute atomic E-state index is 0.0510. The van der Waals surface area contributed by atoms with Crippen molar-refractivity contribution in [3.63, 3.8) is 0 Å². The van der Waals surface area contributed by atoms with Gasteiger partial charge in [0.25, 0.3) is 10.0 Å². The smallest absolute Gasteiger partial charge is 0.264 e. The van der Waals surface area contributed by atoms with Gasteiger partial charge in [0.05, 0.1) is 29.7 Å². The summed E-state index contributed by atoms with van der Waals surface area (Å²) in [4.78, 5) is 12.6. The van der Waals surface area contributed by atoms with Gasteiger partial charge in [-0.05, 0) is 60.7 Å². The molecular formula is C22H23ClN2O5S2. The second kappa shape index (κ2) is 11.3. The van der Waals surface area contributed by atoms with Crippen molar-refractivity contribution in [2.45, 2.75) is 10.6 Å². The van der Waals surface area contributed by atoms with Crippen molar-refractivity contribution in [1.29, 1.82) is 0 Å². The van der Waals surface area contributed by atoms with Gasteiger partial charge in [0.1, 0.15) is 18.1 Å². The van der Waals surface area contributed by atoms with Crippen molar-refractivity contribution in [2.24, 2.45) is 0 Å². The number of halogens is 1. The maximum atomic E-state index is 13.3. The van der Waals surface area contributed by atoms with E-state index in [2.05, 4.69) is 5.32 Å². The Bertz CT molecular complexity index is 1100. The van der Waals surface area contributed by atoms with Gasteiger partial charge in [-0.1, -0.05) is 11.6 Å². The van der Waals surface area contributed by atoms with Crippen LogP contribution in [0, 0.1) is 0 Å². The minimum Gasteiger partial charge on any atom is -0.497 e. The summed E-state index contributed by atoms with van der Waals surface area (Å²) in [6.07, 6.45) is 1.62. The van der Waals surface area contributed by atoms with Gasteiger partial charge in [-0.25, -0.2) is 8.42 Å². The third-order valence-electron chi connectivity index (χ3n) is 4.44. The van der Waals surface area contributed by atoms with E-state index in [4.69, 9.17) is 20.8 Å². The Morgan fingerprint density at radius 2 is 1.84 bits per heavy atom. The van der Waals surface area contributed by atoms with Gasteiger partial charge in [0, 0.05) is 17.3 Å². The zero-order valence-corrected chi connectivity index (χ0v) is 19.8. The number of hydrogen-bond donors (Lipinski definition) is 1. The van der Waals surface area contributed by atoms with Gasteiger partial charge in [-0.2, -0.15) is 11.8 Å². The van der Waals surface area contributed by atoms with Crippen LogP contribution in [0.3, 0.4) is 0 Å². The van der Waals surface area contributed by atoms with Crippen LogP contribution in [0.15, 0.2) is 76.2 Å². The fourth-order valence-electron chi connectivity index (χ4n) is 2.81. The van der Waals surface area contributed by atoms with E-state index in [1.54, 1.807) is 54.4 Å². The molecule has 0 fully saturated rings. The van der Waals surface area contributed by atoms with Crippen molar-refractivity contribution in [1.82, 2.24) is 5.32 Å². The topological polar surface area (TPSA) is 88.9 Å². The first-order chi connectivity index (χ1) is 15.4. The molecule has 1 amide bonds. The Morgan fingerprint density at radius 3 is 2.47 bits per heavy atom. The number of nitrogens with one attached hydrogen (secondary N) is 1. The Morgan fingerprint density at radius 1 is 1.12 bits per heavy atom. The third kappa shape index (κ3) is 6.44. The molecule has 0 bridgehead atoms. The number of anilines is 1. The van der Waals surface area contributed by atoms with Gasteiger partial charge in [0.15, 0.2) is 0 Å². The molecule has 1 N–H and O–H groups in total. The number of thioether (sulfide) groups is 1. The number of furan rings is 1. The highest BCUT2D eigenvalue weighted by atomic mass is 35.5. The van der Waals surface area contributed by atoms with E-state index in [9.17, 15) is 13.2 Å². The molecule has 0 aliphatic rings. The minimum atomic E-state index is -4.00. The van der Waals surface area contributed by atoms with Crippen LogP contribution in [0.4, 0.5) is 5.69 Å². The number of hydrogen-bond acceptors (Lipinski definition) is 6. The number of carbonyl (C=O) groups excluding carboxylic acids is 1. The first kappa shape index (κ1) is 24.0. The summed E-state index contributed by atoms with van der Waals surface area (Å²) in [5.41, 5.74) is 0.340. The molecule has 0 aliphatic carbocycles. The standard InChI is InChI=1S/C22H23ClN2O5S2/c1-29-19-8-10-21(11-9-19)32(27,28)25(18-6-4-17(23)5-7-18)15-22(26)24-12-14-31-16-20-3-2-13-30-20/h2-11,13H,12,14-16H2,1H3,(H,24,26). The van der Waals surface area contributed by atoms with Crippen LogP contribution in [-0.2, 0) is 20.6 Å². The quantitative estimate of drug-likeness (QED) is 0.402. The van der Waals surface area contributed by atoms with Crippen LogP contribution in [0.25, 0.3) is 0 Å². The fraction of sp³-hybridized carbons (Fsp3) is 0.227. The predicted molar refractivity (Wildman–Crippen MR) is 127 cm³/mol. The Hall–Kier alpha value is -2.62. The summed E-state index contributed by atoms with van der Waals surface area (Å²) in [7, 11) is -2.49. The molecule has 0 unspecified atom stereocenters. The summed E-state index contributed by atoms with van der Waals surface area (Å²) in [5.74, 6) is 2.35. The van der Waals surface area contributed by atoms with Crippen molar-refractivity contribution >= 4 is 45.0 Å². The van der Waals surface area contributed by atoms with Crippen molar-refractivity contribution in [2.75, 3.05) is 30.3 Å². The van der Waals surface area contributed by atoms with E-state index in [1.165, 1.54) is 19.2 Å². The van der Waals surface area contributed by atoms with Crippen LogP contribution in [0.1, 0.15) is 5.76 Å². The largest absolute Gasteiger partial charge is 0.497 e. The number of rotatable bonds is 11. The lowest BCUT2D eigenvalue weighted by Gasteiger charge is -2.24. The van der Waals surface area contributed by atoms with E-state index in [0.717, 1.165) is 10.1 Å². The molecule has 170 valence electrons. The summed E-state index contributed by atoms with van der Waals surface area (Å²) in [5, 5.41) is 3.24. The van der Waals surface area contributed by atoms with Crippen molar-refractivity contribution in [3.8, 4) is 5.75 Å². The van der Waals surface area contributed by atoms with E-state index in [1.807, 2.05) is 12.1 Å². The van der Waals surface area contributed by atoms with Crippen LogP contribution < -0.4 is 14.4 Å². The first-order valence-electron chi connectivity index (χ1n) is 9.69. The van der Waals surface area contributed by atoms with Crippen LogP contribution in [0.5, 0.6) is 5.75 Å². The highest BCUT2D eigenvalue weighted by Gasteiger charge is 2.27. The fourth-order valence-corrected chi connectivity index (χ4v) is 5.12. The SMILES string of the molecule is COc1ccc(S(=O)(=O)N(CC(=O)NCCSCc2ccco2)c2ccc(Cl)cc2)cc1. The molecule has 2 aromatic carbocycles. The van der Waals surface area contributed by atoms with Gasteiger partial charge in [0.2, 0.25) is 5.91 Å². The zero-order valence-electron chi connectivity index (χ0n) is 17.4. The van der Waals surface area contributed by atoms with Crippen LogP contribution >= 0.6 is 23.4 Å². The maximum absolute atomic E-state index is 13.3. The van der Waals surface area contributed by atoms with Crippen molar-refractivity contribution in [3.05, 3.63) is 77.7 Å². The summed E-state index contributed by atoms with van der Waals surface area (Å²) >= 11 is 7.56. The van der Waals surface area contributed by atoms with Gasteiger partial charge < -0.3 is 14.5 Å². The van der Waals surface area contributed by atoms with Gasteiger partial charge >= 0.3 is 0 Å². The molecule has 0 aliphatic heterocycles. The molecule has 0 spiro atoms. The summed E-state index contributed by atoms with van der Waals surface area (Å²) in [6, 6.07) is 16.0. The molecule has 0 saturated carbocycles. The molecule has 0 radical (unpaired) electrons. The monoisotopic (exact) mass is 494 g/mol. The normalized spacial score (nSPS) is 11.2. The van der Waals surface area contributed by atoms with Crippen LogP contribution in [-0.4, -0.2) is 40.3 Å². The molecule has 1 heterocycles. The molecular weight excluding hydrogens is 472 g/mol. The summed E-state index contributed by atoms with van der Waals surface area (Å²) < 4.78 is 38.1. The molecule has 7 nitrogen and oxygen atoms in total. The molecule has 0 atom stereocenters. The van der Waals surface area contributed by atoms with E-state index in [-0.39, 0.29) is 11.4 Å². The average molecular weight is 495 g/mol. The Kier molecular flexibility index (Phi) is 8.49. The lowest BCUT2D eigenvalue weighted by atomic mass is 10.3. The highest BCUT2D eigenvalue weighted by molar-refractivity contribution is 7.98. The molecule has 1 aromatic heterocycles. The first-order valence-corrected chi connectivity index (χ1v) is 12.7. The van der Waals surface area contributed by atoms with Crippen molar-refractivity contribution < 1.29 is 22.4 Å². The second-order valence-corrected chi connectivity index (χ2v) is 10.0. The zero-order chi connectivity index (χ0) is 23.0. The van der Waals surface area contributed by atoms with Gasteiger partial charge in [-0.15, -0.1) is 0 Å². The lowest BCUT2D eigenvalue weighted by Crippen LogP contribution is -2.41. The number of amides is 1. The Labute approximate surface area is 196 Å². The molecule has 0 saturated heterocycles. The molecule has 32 heavy (non-hydrogen) atoms. The second-order valence-electron chi connectivity index (χ2n) is 6.65. The molecule has 10 heteroatoms. The number of methoxy groups -OCH3 is 1. The van der Waals surface area contributed by atoms with E-state index < -0.39 is 15.9 Å². The average Bonchev–Trinajstić information content (AvgIpc) is 3.31. The summed E-state index contributed by atoms with van der Waals surface area (Å²) in [6.45, 7) is 0.0418. The molecule has 3 aromatic rings. The van der Waals surface area contributed by atoms with Gasteiger partial charge in [-0.3, -0.25) is 9.10 Å². The number of nitrogens with zero attached hydrogens (tertiary/aromatic N) is 1. The Balaban J connectivity index is 1.68. The third-order valence-corrected chi connectivity index (χ3v) is 7.46. The van der Waals surface area contributed by atoms with E-state index >= 15 is 0 Å². The number of sulfonamides is 1. The number of carbonyl (C=O) groups is 1. The maximum Gasteiger partial charge on any atom is 0.264 e. The number of benzene rings is 2. The predicted octanol–water partition coefficient (Wildman–Crippen LogP) is 4.19.